The number of hydrogen-bond donors (Lipinski definition) is 3. The van der Waals surface area contributed by atoms with Crippen molar-refractivity contribution in [1.29, 1.82) is 0 Å². The Morgan fingerprint density at radius 1 is 1.61 bits per heavy atom. The van der Waals surface area contributed by atoms with Gasteiger partial charge in [0.15, 0.2) is 0 Å². The highest BCUT2D eigenvalue weighted by Gasteiger charge is 2.24. The highest BCUT2D eigenvalue weighted by atomic mass is 16.4. The molecule has 1 aromatic heterocycles. The van der Waals surface area contributed by atoms with E-state index in [4.69, 9.17) is 10.8 Å². The van der Waals surface area contributed by atoms with Crippen molar-refractivity contribution in [2.45, 2.75) is 19.8 Å². The number of carboxylic acids is 1. The summed E-state index contributed by atoms with van der Waals surface area (Å²) in [6.07, 6.45) is 4.64. The molecule has 0 fully saturated rings. The van der Waals surface area contributed by atoms with Crippen LogP contribution < -0.4 is 5.73 Å². The highest BCUT2D eigenvalue weighted by molar-refractivity contribution is 5.93. The van der Waals surface area contributed by atoms with Crippen LogP contribution in [0.3, 0.4) is 0 Å². The molecule has 1 heterocycles. The maximum atomic E-state index is 11.1. The fourth-order valence-electron chi connectivity index (χ4n) is 2.16. The number of fused-ring (bicyclic) bond motifs is 1. The fraction of sp³-hybridized carbons (Fsp3) is 0.231. The van der Waals surface area contributed by atoms with Crippen LogP contribution in [0.4, 0.5) is 0 Å². The number of amidine groups is 1. The predicted molar refractivity (Wildman–Crippen MR) is 70.5 cm³/mol. The summed E-state index contributed by atoms with van der Waals surface area (Å²) in [5.74, 6) is -0.494. The van der Waals surface area contributed by atoms with Gasteiger partial charge in [0.2, 0.25) is 0 Å². The summed E-state index contributed by atoms with van der Waals surface area (Å²) in [6.45, 7) is 5.46. The third-order valence-corrected chi connectivity index (χ3v) is 2.94. The minimum Gasteiger partial charge on any atom is -0.478 e. The van der Waals surface area contributed by atoms with Gasteiger partial charge in [0.1, 0.15) is 0 Å². The van der Waals surface area contributed by atoms with E-state index in [1.807, 2.05) is 0 Å². The number of aromatic carboxylic acids is 1. The molecule has 0 bridgehead atoms. The van der Waals surface area contributed by atoms with Crippen LogP contribution in [-0.4, -0.2) is 21.9 Å². The van der Waals surface area contributed by atoms with Crippen LogP contribution in [0.25, 0.3) is 5.70 Å². The van der Waals surface area contributed by atoms with Crippen molar-refractivity contribution in [3.05, 3.63) is 41.2 Å². The first-order valence-electron chi connectivity index (χ1n) is 5.65. The van der Waals surface area contributed by atoms with E-state index in [0.29, 0.717) is 23.5 Å². The molecule has 0 amide bonds. The third-order valence-electron chi connectivity index (χ3n) is 2.94. The van der Waals surface area contributed by atoms with Gasteiger partial charge in [0, 0.05) is 6.20 Å². The molecule has 0 aromatic carbocycles. The molecule has 0 aliphatic heterocycles. The number of nitrogens with two attached hydrogens (primary N) is 1. The molecule has 0 saturated carbocycles. The summed E-state index contributed by atoms with van der Waals surface area (Å²) in [5.41, 5.74) is 9.11. The van der Waals surface area contributed by atoms with Crippen molar-refractivity contribution < 1.29 is 9.90 Å². The molecule has 2 rings (SSSR count). The van der Waals surface area contributed by atoms with Crippen molar-refractivity contribution in [3.63, 3.8) is 0 Å². The van der Waals surface area contributed by atoms with Crippen molar-refractivity contribution in [3.8, 4) is 0 Å². The maximum absolute atomic E-state index is 11.1. The second kappa shape index (κ2) is 4.52. The van der Waals surface area contributed by atoms with Crippen LogP contribution in [0.1, 0.15) is 35.0 Å². The quantitative estimate of drug-likeness (QED) is 0.561. The zero-order valence-electron chi connectivity index (χ0n) is 10.2. The van der Waals surface area contributed by atoms with Crippen LogP contribution in [0, 0.1) is 0 Å². The molecule has 5 heteroatoms. The minimum atomic E-state index is -0.928. The first-order chi connectivity index (χ1) is 8.54. The Balaban J connectivity index is 2.62. The average molecular weight is 245 g/mol. The Bertz CT molecular complexity index is 575. The number of H-pyrrole nitrogens is 1. The Morgan fingerprint density at radius 2 is 2.33 bits per heavy atom. The standard InChI is InChI=1S/C13H15N3O2/c1-3-8-4-5-9-10(13(17)18)6-15-12(9)11(8)16-7(2)14/h3,6,15H,1,4-5H2,2H3,(H2,14,16)(H,17,18). The number of rotatable bonds is 3. The summed E-state index contributed by atoms with van der Waals surface area (Å²) < 4.78 is 0. The second-order valence-electron chi connectivity index (χ2n) is 4.19. The monoisotopic (exact) mass is 245 g/mol. The van der Waals surface area contributed by atoms with Crippen molar-refractivity contribution in [2.75, 3.05) is 0 Å². The lowest BCUT2D eigenvalue weighted by atomic mass is 9.92. The zero-order chi connectivity index (χ0) is 13.3. The minimum absolute atomic E-state index is 0.301. The van der Waals surface area contributed by atoms with Gasteiger partial charge in [-0.1, -0.05) is 12.7 Å². The number of aromatic amines is 1. The van der Waals surface area contributed by atoms with Crippen molar-refractivity contribution in [2.24, 2.45) is 10.7 Å². The molecular formula is C13H15N3O2. The van der Waals surface area contributed by atoms with Crippen LogP contribution in [0.15, 0.2) is 29.4 Å². The molecule has 18 heavy (non-hydrogen) atoms. The maximum Gasteiger partial charge on any atom is 0.337 e. The Kier molecular flexibility index (Phi) is 3.06. The van der Waals surface area contributed by atoms with Gasteiger partial charge in [-0.05, 0) is 30.9 Å². The summed E-state index contributed by atoms with van der Waals surface area (Å²) >= 11 is 0. The number of allylic oxidation sites excluding steroid dienone is 2. The molecule has 5 nitrogen and oxygen atoms in total. The number of nitrogens with zero attached hydrogens (tertiary/aromatic N) is 1. The third kappa shape index (κ3) is 1.95. The second-order valence-corrected chi connectivity index (χ2v) is 4.19. The van der Waals surface area contributed by atoms with Crippen LogP contribution in [0.5, 0.6) is 0 Å². The van der Waals surface area contributed by atoms with Crippen molar-refractivity contribution >= 4 is 17.5 Å². The molecule has 0 radical (unpaired) electrons. The van der Waals surface area contributed by atoms with Gasteiger partial charge in [0.25, 0.3) is 0 Å². The number of aromatic nitrogens is 1. The molecule has 4 N–H and O–H groups in total. The summed E-state index contributed by atoms with van der Waals surface area (Å²) in [6, 6.07) is 0. The molecule has 0 atom stereocenters. The van der Waals surface area contributed by atoms with Gasteiger partial charge in [0.05, 0.1) is 22.8 Å². The molecule has 94 valence electrons. The number of nitrogens with one attached hydrogen (secondary N) is 1. The molecule has 1 aliphatic rings. The summed E-state index contributed by atoms with van der Waals surface area (Å²) in [4.78, 5) is 18.4. The van der Waals surface area contributed by atoms with E-state index in [-0.39, 0.29) is 0 Å². The van der Waals surface area contributed by atoms with Gasteiger partial charge in [-0.2, -0.15) is 0 Å². The lowest BCUT2D eigenvalue weighted by molar-refractivity contribution is 0.0696. The van der Waals surface area contributed by atoms with Gasteiger partial charge in [-0.3, -0.25) is 0 Å². The number of hydrogen-bond acceptors (Lipinski definition) is 2. The normalized spacial score (nSPS) is 15.5. The predicted octanol–water partition coefficient (Wildman–Crippen LogP) is 1.93. The SMILES string of the molecule is C=CC1=C(/N=C(/C)N)c2[nH]cc(C(=O)O)c2CC1. The molecule has 0 saturated heterocycles. The van der Waals surface area contributed by atoms with E-state index >= 15 is 0 Å². The largest absolute Gasteiger partial charge is 0.478 e. The molecule has 1 aromatic rings. The number of carbonyl (C=O) groups is 1. The van der Waals surface area contributed by atoms with E-state index in [0.717, 1.165) is 23.3 Å². The van der Waals surface area contributed by atoms with Crippen LogP contribution in [0.2, 0.25) is 0 Å². The number of carboxylic acid groups (broad SMARTS) is 1. The molecule has 1 aliphatic carbocycles. The lowest BCUT2D eigenvalue weighted by Crippen LogP contribution is -2.10. The van der Waals surface area contributed by atoms with E-state index in [1.165, 1.54) is 6.20 Å². The summed E-state index contributed by atoms with van der Waals surface area (Å²) in [5, 5.41) is 9.10. The zero-order valence-corrected chi connectivity index (χ0v) is 10.2. The molecule has 0 spiro atoms. The number of aliphatic imine (C=N–C) groups is 1. The average Bonchev–Trinajstić information content (AvgIpc) is 2.72. The molecule has 0 unspecified atom stereocenters. The molecular weight excluding hydrogens is 230 g/mol. The van der Waals surface area contributed by atoms with E-state index in [1.54, 1.807) is 13.0 Å². The first-order valence-corrected chi connectivity index (χ1v) is 5.65. The van der Waals surface area contributed by atoms with Gasteiger partial charge >= 0.3 is 5.97 Å². The first kappa shape index (κ1) is 12.2. The smallest absolute Gasteiger partial charge is 0.337 e. The van der Waals surface area contributed by atoms with Crippen LogP contribution >= 0.6 is 0 Å². The van der Waals surface area contributed by atoms with E-state index in [9.17, 15) is 4.79 Å². The van der Waals surface area contributed by atoms with Gasteiger partial charge in [-0.25, -0.2) is 9.79 Å². The van der Waals surface area contributed by atoms with Crippen molar-refractivity contribution in [1.82, 2.24) is 4.98 Å². The fourth-order valence-corrected chi connectivity index (χ4v) is 2.16. The Labute approximate surface area is 105 Å². The Morgan fingerprint density at radius 3 is 2.89 bits per heavy atom. The van der Waals surface area contributed by atoms with E-state index < -0.39 is 5.97 Å². The topological polar surface area (TPSA) is 91.5 Å². The van der Waals surface area contributed by atoms with Gasteiger partial charge < -0.3 is 15.8 Å². The van der Waals surface area contributed by atoms with Gasteiger partial charge in [-0.15, -0.1) is 0 Å². The Hall–Kier alpha value is -2.30. The van der Waals surface area contributed by atoms with E-state index in [2.05, 4.69) is 16.6 Å². The van der Waals surface area contributed by atoms with Crippen LogP contribution in [-0.2, 0) is 6.42 Å². The lowest BCUT2D eigenvalue weighted by Gasteiger charge is -2.16. The highest BCUT2D eigenvalue weighted by Crippen LogP contribution is 2.34. The summed E-state index contributed by atoms with van der Waals surface area (Å²) in [7, 11) is 0.